The van der Waals surface area contributed by atoms with E-state index in [4.69, 9.17) is 5.11 Å². The quantitative estimate of drug-likeness (QED) is 0.780. The van der Waals surface area contributed by atoms with Crippen LogP contribution in [0.3, 0.4) is 0 Å². The lowest BCUT2D eigenvalue weighted by Crippen LogP contribution is -2.38. The van der Waals surface area contributed by atoms with Crippen LogP contribution in [0.25, 0.3) is 10.9 Å². The van der Waals surface area contributed by atoms with Gasteiger partial charge in [-0.05, 0) is 38.0 Å². The number of aryl methyl sites for hydroxylation is 2. The second kappa shape index (κ2) is 5.77. The van der Waals surface area contributed by atoms with E-state index in [-0.39, 0.29) is 12.3 Å². The normalized spacial score (nSPS) is 12.3. The van der Waals surface area contributed by atoms with Crippen molar-refractivity contribution in [3.63, 3.8) is 0 Å². The molecule has 1 atom stereocenters. The van der Waals surface area contributed by atoms with Gasteiger partial charge in [-0.3, -0.25) is 9.59 Å². The molecule has 0 aliphatic rings. The number of aromatic nitrogens is 1. The SMILES string of the molecule is Cc1ccc2[nH]cc(CCC(=O)N[C@H](C)C(=O)O)c2c1. The fourth-order valence-electron chi connectivity index (χ4n) is 2.12. The third kappa shape index (κ3) is 3.17. The second-order valence-corrected chi connectivity index (χ2v) is 4.99. The molecule has 3 N–H and O–H groups in total. The van der Waals surface area contributed by atoms with Gasteiger partial charge in [0.05, 0.1) is 0 Å². The number of hydrogen-bond donors (Lipinski definition) is 3. The molecule has 0 radical (unpaired) electrons. The fourth-order valence-corrected chi connectivity index (χ4v) is 2.12. The Hall–Kier alpha value is -2.30. The van der Waals surface area contributed by atoms with E-state index in [0.717, 1.165) is 16.5 Å². The maximum Gasteiger partial charge on any atom is 0.325 e. The lowest BCUT2D eigenvalue weighted by Gasteiger charge is -2.08. The third-order valence-corrected chi connectivity index (χ3v) is 3.29. The highest BCUT2D eigenvalue weighted by Gasteiger charge is 2.14. The minimum atomic E-state index is -1.03. The van der Waals surface area contributed by atoms with Gasteiger partial charge in [0.15, 0.2) is 0 Å². The molecule has 0 saturated heterocycles. The van der Waals surface area contributed by atoms with Crippen LogP contribution in [0.5, 0.6) is 0 Å². The molecule has 1 aromatic carbocycles. The summed E-state index contributed by atoms with van der Waals surface area (Å²) in [5.74, 6) is -1.28. The number of H-pyrrole nitrogens is 1. The molecule has 0 spiro atoms. The average Bonchev–Trinajstić information content (AvgIpc) is 2.78. The fraction of sp³-hybridized carbons (Fsp3) is 0.333. The standard InChI is InChI=1S/C15H18N2O3/c1-9-3-5-13-12(7-9)11(8-16-13)4-6-14(18)17-10(2)15(19)20/h3,5,7-8,10,16H,4,6H2,1-2H3,(H,17,18)(H,19,20)/t10-/m1/s1. The van der Waals surface area contributed by atoms with Crippen molar-refractivity contribution in [3.8, 4) is 0 Å². The lowest BCUT2D eigenvalue weighted by molar-refractivity contribution is -0.141. The topological polar surface area (TPSA) is 82.2 Å². The van der Waals surface area contributed by atoms with Crippen LogP contribution < -0.4 is 5.32 Å². The first-order valence-corrected chi connectivity index (χ1v) is 6.56. The molecule has 106 valence electrons. The summed E-state index contributed by atoms with van der Waals surface area (Å²) in [7, 11) is 0. The first-order chi connectivity index (χ1) is 9.47. The highest BCUT2D eigenvalue weighted by atomic mass is 16.4. The Morgan fingerprint density at radius 2 is 2.15 bits per heavy atom. The number of hydrogen-bond acceptors (Lipinski definition) is 2. The van der Waals surface area contributed by atoms with Crippen LogP contribution in [0.4, 0.5) is 0 Å². The van der Waals surface area contributed by atoms with Crippen molar-refractivity contribution in [3.05, 3.63) is 35.5 Å². The summed E-state index contributed by atoms with van der Waals surface area (Å²) < 4.78 is 0. The van der Waals surface area contributed by atoms with E-state index in [9.17, 15) is 9.59 Å². The largest absolute Gasteiger partial charge is 0.480 e. The molecule has 1 aromatic heterocycles. The van der Waals surface area contributed by atoms with Crippen LogP contribution in [0.15, 0.2) is 24.4 Å². The number of carboxylic acids is 1. The van der Waals surface area contributed by atoms with Gasteiger partial charge in [0.2, 0.25) is 5.91 Å². The smallest absolute Gasteiger partial charge is 0.325 e. The van der Waals surface area contributed by atoms with Gasteiger partial charge in [0, 0.05) is 23.5 Å². The molecular formula is C15H18N2O3. The number of carboxylic acid groups (broad SMARTS) is 1. The number of fused-ring (bicyclic) bond motifs is 1. The van der Waals surface area contributed by atoms with Crippen LogP contribution in [0, 0.1) is 6.92 Å². The Labute approximate surface area is 117 Å². The van der Waals surface area contributed by atoms with E-state index < -0.39 is 12.0 Å². The summed E-state index contributed by atoms with van der Waals surface area (Å²) in [6, 6.07) is 5.27. The van der Waals surface area contributed by atoms with Gasteiger partial charge in [0.1, 0.15) is 6.04 Å². The van der Waals surface area contributed by atoms with Crippen LogP contribution in [0.1, 0.15) is 24.5 Å². The zero-order valence-corrected chi connectivity index (χ0v) is 11.6. The third-order valence-electron chi connectivity index (χ3n) is 3.29. The van der Waals surface area contributed by atoms with Gasteiger partial charge >= 0.3 is 5.97 Å². The van der Waals surface area contributed by atoms with Crippen molar-refractivity contribution in [1.29, 1.82) is 0 Å². The van der Waals surface area contributed by atoms with Crippen molar-refractivity contribution in [2.75, 3.05) is 0 Å². The highest BCUT2D eigenvalue weighted by Crippen LogP contribution is 2.20. The minimum absolute atomic E-state index is 0.248. The molecular weight excluding hydrogens is 256 g/mol. The zero-order valence-electron chi connectivity index (χ0n) is 11.6. The average molecular weight is 274 g/mol. The molecule has 0 saturated carbocycles. The van der Waals surface area contributed by atoms with Crippen LogP contribution in [-0.2, 0) is 16.0 Å². The Bertz CT molecular complexity index is 646. The van der Waals surface area contributed by atoms with E-state index in [1.54, 1.807) is 0 Å². The summed E-state index contributed by atoms with van der Waals surface area (Å²) in [4.78, 5) is 25.5. The molecule has 0 aliphatic carbocycles. The molecule has 2 aromatic rings. The molecule has 1 heterocycles. The molecule has 0 unspecified atom stereocenters. The summed E-state index contributed by atoms with van der Waals surface area (Å²) in [6.07, 6.45) is 2.76. The van der Waals surface area contributed by atoms with Crippen molar-refractivity contribution in [2.45, 2.75) is 32.7 Å². The van der Waals surface area contributed by atoms with Crippen molar-refractivity contribution in [1.82, 2.24) is 10.3 Å². The minimum Gasteiger partial charge on any atom is -0.480 e. The number of amides is 1. The Kier molecular flexibility index (Phi) is 4.08. The molecule has 5 nitrogen and oxygen atoms in total. The van der Waals surface area contributed by atoms with Crippen molar-refractivity contribution < 1.29 is 14.7 Å². The molecule has 0 fully saturated rings. The van der Waals surface area contributed by atoms with Crippen molar-refractivity contribution in [2.24, 2.45) is 0 Å². The molecule has 1 amide bonds. The monoisotopic (exact) mass is 274 g/mol. The van der Waals surface area contributed by atoms with Crippen LogP contribution in [-0.4, -0.2) is 28.0 Å². The molecule has 20 heavy (non-hydrogen) atoms. The highest BCUT2D eigenvalue weighted by molar-refractivity contribution is 5.86. The van der Waals surface area contributed by atoms with E-state index in [1.807, 2.05) is 25.3 Å². The molecule has 2 rings (SSSR count). The molecule has 0 bridgehead atoms. The maximum atomic E-state index is 11.7. The van der Waals surface area contributed by atoms with Gasteiger partial charge in [0.25, 0.3) is 0 Å². The number of aliphatic carboxylic acids is 1. The van der Waals surface area contributed by atoms with Crippen LogP contribution >= 0.6 is 0 Å². The van der Waals surface area contributed by atoms with Gasteiger partial charge < -0.3 is 15.4 Å². The van der Waals surface area contributed by atoms with E-state index in [2.05, 4.69) is 16.4 Å². The van der Waals surface area contributed by atoms with Crippen molar-refractivity contribution >= 4 is 22.8 Å². The Morgan fingerprint density at radius 1 is 1.40 bits per heavy atom. The summed E-state index contributed by atoms with van der Waals surface area (Å²) in [5.41, 5.74) is 3.29. The van der Waals surface area contributed by atoms with Gasteiger partial charge in [-0.25, -0.2) is 0 Å². The number of aromatic amines is 1. The zero-order chi connectivity index (χ0) is 14.7. The predicted octanol–water partition coefficient (Wildman–Crippen LogP) is 2.00. The van der Waals surface area contributed by atoms with Crippen LogP contribution in [0.2, 0.25) is 0 Å². The van der Waals surface area contributed by atoms with E-state index >= 15 is 0 Å². The number of carbonyl (C=O) groups excluding carboxylic acids is 1. The first-order valence-electron chi connectivity index (χ1n) is 6.56. The maximum absolute atomic E-state index is 11.7. The number of rotatable bonds is 5. The first kappa shape index (κ1) is 14.1. The summed E-state index contributed by atoms with van der Waals surface area (Å²) in [5, 5.41) is 12.3. The predicted molar refractivity (Wildman–Crippen MR) is 76.6 cm³/mol. The number of benzene rings is 1. The number of nitrogens with one attached hydrogen (secondary N) is 2. The molecule has 0 aliphatic heterocycles. The second-order valence-electron chi connectivity index (χ2n) is 4.99. The van der Waals surface area contributed by atoms with Gasteiger partial charge in [-0.1, -0.05) is 11.6 Å². The van der Waals surface area contributed by atoms with E-state index in [1.165, 1.54) is 12.5 Å². The van der Waals surface area contributed by atoms with Gasteiger partial charge in [-0.15, -0.1) is 0 Å². The van der Waals surface area contributed by atoms with E-state index in [0.29, 0.717) is 6.42 Å². The molecule has 5 heteroatoms. The Balaban J connectivity index is 2.01. The number of carbonyl (C=O) groups is 2. The summed E-state index contributed by atoms with van der Waals surface area (Å²) >= 11 is 0. The lowest BCUT2D eigenvalue weighted by atomic mass is 10.1. The van der Waals surface area contributed by atoms with Gasteiger partial charge in [-0.2, -0.15) is 0 Å². The Morgan fingerprint density at radius 3 is 2.85 bits per heavy atom. The summed E-state index contributed by atoms with van der Waals surface area (Å²) in [6.45, 7) is 3.48.